The van der Waals surface area contributed by atoms with Crippen molar-refractivity contribution in [2.24, 2.45) is 0 Å². The molecule has 0 aromatic carbocycles. The molecule has 0 saturated carbocycles. The Morgan fingerprint density at radius 3 is 2.66 bits per heavy atom. The average Bonchev–Trinajstić information content (AvgIpc) is 2.67. The standard InChI is InChI=1S/C18H14BrF3N4O3/c1-29-9-23-17(28)12-8-26(7-10-3-2-4-14(19)24-10)16-11(15(12)27)5-6-13(25-16)18(20,21)22/h2-6,8H,7,9H2,1H3,(H,23,28). The first-order valence-corrected chi connectivity index (χ1v) is 9.00. The number of hydrogen-bond acceptors (Lipinski definition) is 5. The maximum Gasteiger partial charge on any atom is 0.433 e. The number of carbonyl (C=O) groups is 1. The molecule has 152 valence electrons. The van der Waals surface area contributed by atoms with Gasteiger partial charge in [0.05, 0.1) is 17.6 Å². The molecular formula is C18H14BrF3N4O3. The lowest BCUT2D eigenvalue weighted by molar-refractivity contribution is -0.141. The summed E-state index contributed by atoms with van der Waals surface area (Å²) < 4.78 is 46.0. The van der Waals surface area contributed by atoms with Gasteiger partial charge in [0.25, 0.3) is 5.91 Å². The van der Waals surface area contributed by atoms with Gasteiger partial charge in [0.15, 0.2) is 0 Å². The van der Waals surface area contributed by atoms with Crippen molar-refractivity contribution in [3.8, 4) is 0 Å². The van der Waals surface area contributed by atoms with Gasteiger partial charge in [0.2, 0.25) is 5.43 Å². The van der Waals surface area contributed by atoms with Gasteiger partial charge in [-0.15, -0.1) is 0 Å². The van der Waals surface area contributed by atoms with Gasteiger partial charge in [-0.3, -0.25) is 9.59 Å². The van der Waals surface area contributed by atoms with Crippen LogP contribution < -0.4 is 10.7 Å². The van der Waals surface area contributed by atoms with Gasteiger partial charge < -0.3 is 14.6 Å². The van der Waals surface area contributed by atoms with Gasteiger partial charge in [-0.1, -0.05) is 6.07 Å². The fraction of sp³-hybridized carbons (Fsp3) is 0.222. The van der Waals surface area contributed by atoms with E-state index in [1.165, 1.54) is 17.9 Å². The van der Waals surface area contributed by atoms with Crippen molar-refractivity contribution in [2.75, 3.05) is 13.8 Å². The molecule has 3 aromatic rings. The molecule has 0 aliphatic rings. The van der Waals surface area contributed by atoms with E-state index in [-0.39, 0.29) is 29.9 Å². The molecule has 0 fully saturated rings. The first-order chi connectivity index (χ1) is 13.7. The molecule has 11 heteroatoms. The van der Waals surface area contributed by atoms with Crippen LogP contribution >= 0.6 is 15.9 Å². The zero-order chi connectivity index (χ0) is 21.2. The predicted octanol–water partition coefficient (Wildman–Crippen LogP) is 2.95. The molecule has 1 amide bonds. The number of amides is 1. The number of aromatic nitrogens is 3. The van der Waals surface area contributed by atoms with Crippen LogP contribution in [0.5, 0.6) is 0 Å². The number of nitrogens with one attached hydrogen (secondary N) is 1. The van der Waals surface area contributed by atoms with Gasteiger partial charge in [0, 0.05) is 13.3 Å². The van der Waals surface area contributed by atoms with Crippen LogP contribution in [-0.4, -0.2) is 34.3 Å². The molecular weight excluding hydrogens is 457 g/mol. The first kappa shape index (κ1) is 20.9. The second-order valence-electron chi connectivity index (χ2n) is 5.96. The minimum absolute atomic E-state index is 0.00487. The topological polar surface area (TPSA) is 86.1 Å². The van der Waals surface area contributed by atoms with Gasteiger partial charge in [-0.2, -0.15) is 13.2 Å². The molecule has 7 nitrogen and oxygen atoms in total. The monoisotopic (exact) mass is 470 g/mol. The molecule has 29 heavy (non-hydrogen) atoms. The fourth-order valence-corrected chi connectivity index (χ4v) is 3.03. The highest BCUT2D eigenvalue weighted by molar-refractivity contribution is 9.10. The van der Waals surface area contributed by atoms with Crippen molar-refractivity contribution in [1.29, 1.82) is 0 Å². The number of fused-ring (bicyclic) bond motifs is 1. The average molecular weight is 471 g/mol. The van der Waals surface area contributed by atoms with Gasteiger partial charge in [0.1, 0.15) is 28.2 Å². The summed E-state index contributed by atoms with van der Waals surface area (Å²) in [6.07, 6.45) is -3.51. The Morgan fingerprint density at radius 1 is 1.24 bits per heavy atom. The van der Waals surface area contributed by atoms with Crippen LogP contribution in [-0.2, 0) is 17.5 Å². The second-order valence-corrected chi connectivity index (χ2v) is 6.77. The van der Waals surface area contributed by atoms with Crippen LogP contribution in [0, 0.1) is 0 Å². The van der Waals surface area contributed by atoms with E-state index in [0.717, 1.165) is 6.07 Å². The van der Waals surface area contributed by atoms with E-state index < -0.39 is 23.2 Å². The smallest absolute Gasteiger partial charge is 0.364 e. The molecule has 0 aliphatic heterocycles. The highest BCUT2D eigenvalue weighted by Gasteiger charge is 2.33. The Morgan fingerprint density at radius 2 is 2.00 bits per heavy atom. The summed E-state index contributed by atoms with van der Waals surface area (Å²) in [5.41, 5.74) is -1.82. The van der Waals surface area contributed by atoms with E-state index in [1.807, 2.05) is 0 Å². The molecule has 0 aliphatic carbocycles. The van der Waals surface area contributed by atoms with Gasteiger partial charge in [-0.05, 0) is 40.2 Å². The van der Waals surface area contributed by atoms with Crippen LogP contribution in [0.4, 0.5) is 13.2 Å². The Labute approximate surface area is 170 Å². The van der Waals surface area contributed by atoms with E-state index in [9.17, 15) is 22.8 Å². The van der Waals surface area contributed by atoms with E-state index in [4.69, 9.17) is 4.74 Å². The third-order valence-electron chi connectivity index (χ3n) is 3.94. The van der Waals surface area contributed by atoms with Crippen molar-refractivity contribution in [3.05, 3.63) is 68.3 Å². The lowest BCUT2D eigenvalue weighted by atomic mass is 10.1. The van der Waals surface area contributed by atoms with Crippen LogP contribution in [0.15, 0.2) is 45.9 Å². The summed E-state index contributed by atoms with van der Waals surface area (Å²) in [5, 5.41) is 2.28. The number of rotatable bonds is 5. The maximum absolute atomic E-state index is 13.1. The zero-order valence-corrected chi connectivity index (χ0v) is 16.5. The molecule has 3 heterocycles. The van der Waals surface area contributed by atoms with Crippen molar-refractivity contribution in [2.45, 2.75) is 12.7 Å². The number of pyridine rings is 3. The number of nitrogens with zero attached hydrogens (tertiary/aromatic N) is 3. The van der Waals surface area contributed by atoms with Crippen molar-refractivity contribution in [1.82, 2.24) is 19.9 Å². The summed E-state index contributed by atoms with van der Waals surface area (Å²) >= 11 is 3.23. The Kier molecular flexibility index (Phi) is 5.99. The first-order valence-electron chi connectivity index (χ1n) is 8.20. The molecule has 0 unspecified atom stereocenters. The summed E-state index contributed by atoms with van der Waals surface area (Å²) in [6.45, 7) is -0.135. The Bertz CT molecular complexity index is 1130. The highest BCUT2D eigenvalue weighted by Crippen LogP contribution is 2.28. The summed E-state index contributed by atoms with van der Waals surface area (Å²) in [7, 11) is 1.36. The van der Waals surface area contributed by atoms with Crippen LogP contribution in [0.2, 0.25) is 0 Å². The molecule has 0 bridgehead atoms. The lowest BCUT2D eigenvalue weighted by Crippen LogP contribution is -2.31. The number of ether oxygens (including phenoxy) is 1. The Balaban J connectivity index is 2.21. The summed E-state index contributed by atoms with van der Waals surface area (Å²) in [4.78, 5) is 32.9. The number of carbonyl (C=O) groups excluding carboxylic acids is 1. The fourth-order valence-electron chi connectivity index (χ4n) is 2.65. The number of alkyl halides is 3. The van der Waals surface area contributed by atoms with Crippen LogP contribution in [0.3, 0.4) is 0 Å². The molecule has 3 aromatic heterocycles. The molecule has 3 rings (SSSR count). The van der Waals surface area contributed by atoms with Crippen molar-refractivity contribution < 1.29 is 22.7 Å². The van der Waals surface area contributed by atoms with E-state index in [0.29, 0.717) is 16.4 Å². The number of hydrogen-bond donors (Lipinski definition) is 1. The third-order valence-corrected chi connectivity index (χ3v) is 4.38. The SMILES string of the molecule is COCNC(=O)c1cn(Cc2cccc(Br)n2)c2nc(C(F)(F)F)ccc2c1=O. The van der Waals surface area contributed by atoms with Gasteiger partial charge in [-0.25, -0.2) is 9.97 Å². The minimum atomic E-state index is -4.68. The zero-order valence-electron chi connectivity index (χ0n) is 15.0. The molecule has 0 spiro atoms. The second kappa shape index (κ2) is 8.29. The number of methoxy groups -OCH3 is 1. The van der Waals surface area contributed by atoms with Crippen LogP contribution in [0.25, 0.3) is 11.0 Å². The van der Waals surface area contributed by atoms with E-state index in [1.54, 1.807) is 18.2 Å². The minimum Gasteiger partial charge on any atom is -0.364 e. The molecule has 0 saturated heterocycles. The maximum atomic E-state index is 13.1. The normalized spacial score (nSPS) is 11.6. The van der Waals surface area contributed by atoms with Crippen molar-refractivity contribution in [3.63, 3.8) is 0 Å². The van der Waals surface area contributed by atoms with Crippen LogP contribution in [0.1, 0.15) is 21.7 Å². The van der Waals surface area contributed by atoms with E-state index in [2.05, 4.69) is 31.2 Å². The van der Waals surface area contributed by atoms with Crippen molar-refractivity contribution >= 4 is 32.9 Å². The molecule has 0 radical (unpaired) electrons. The van der Waals surface area contributed by atoms with E-state index >= 15 is 0 Å². The molecule has 1 N–H and O–H groups in total. The summed E-state index contributed by atoms with van der Waals surface area (Å²) in [5.74, 6) is -0.713. The largest absolute Gasteiger partial charge is 0.433 e. The Hall–Kier alpha value is -2.79. The quantitative estimate of drug-likeness (QED) is 0.457. The highest BCUT2D eigenvalue weighted by atomic mass is 79.9. The number of halogens is 4. The van der Waals surface area contributed by atoms with Gasteiger partial charge >= 0.3 is 6.18 Å². The molecule has 0 atom stereocenters. The third kappa shape index (κ3) is 4.62. The lowest BCUT2D eigenvalue weighted by Gasteiger charge is -2.14. The summed E-state index contributed by atoms with van der Waals surface area (Å²) in [6, 6.07) is 6.79. The predicted molar refractivity (Wildman–Crippen MR) is 101 cm³/mol.